The van der Waals surface area contributed by atoms with Crippen LogP contribution in [0.4, 0.5) is 0 Å². The number of hydrogen-bond acceptors (Lipinski definition) is 4. The number of aromatic nitrogens is 3. The molecule has 5 nitrogen and oxygen atoms in total. The number of rotatable bonds is 3. The molecule has 1 saturated heterocycles. The van der Waals surface area contributed by atoms with Crippen molar-refractivity contribution in [2.24, 2.45) is 5.92 Å². The van der Waals surface area contributed by atoms with E-state index in [1.807, 2.05) is 12.1 Å². The molecule has 0 amide bonds. The summed E-state index contributed by atoms with van der Waals surface area (Å²) in [4.78, 5) is 10.1. The van der Waals surface area contributed by atoms with Crippen molar-refractivity contribution in [1.29, 1.82) is 0 Å². The van der Waals surface area contributed by atoms with E-state index < -0.39 is 0 Å². The van der Waals surface area contributed by atoms with E-state index in [0.29, 0.717) is 11.8 Å². The van der Waals surface area contributed by atoms with Gasteiger partial charge in [0.2, 0.25) is 5.88 Å². The molecule has 1 aliphatic rings. The van der Waals surface area contributed by atoms with Crippen LogP contribution in [0.5, 0.6) is 5.88 Å². The Kier molecular flexibility index (Phi) is 3.76. The molecule has 0 spiro atoms. The molecule has 20 heavy (non-hydrogen) atoms. The first-order valence-corrected chi connectivity index (χ1v) is 7.40. The summed E-state index contributed by atoms with van der Waals surface area (Å²) in [7, 11) is 3.82. The summed E-state index contributed by atoms with van der Waals surface area (Å²) in [6.45, 7) is 3.26. The highest BCUT2D eigenvalue weighted by atomic mass is 32.1. The average Bonchev–Trinajstić information content (AvgIpc) is 2.77. The van der Waals surface area contributed by atoms with Gasteiger partial charge in [0, 0.05) is 12.6 Å². The summed E-state index contributed by atoms with van der Waals surface area (Å²) < 4.78 is 8.08. The molecule has 0 unspecified atom stereocenters. The number of piperidine rings is 1. The minimum absolute atomic E-state index is 0.628. The van der Waals surface area contributed by atoms with Crippen LogP contribution in [0, 0.1) is 10.7 Å². The van der Waals surface area contributed by atoms with E-state index in [0.717, 1.165) is 35.6 Å². The van der Waals surface area contributed by atoms with Crippen LogP contribution in [0.3, 0.4) is 0 Å². The lowest BCUT2D eigenvalue weighted by Gasteiger charge is -2.29. The zero-order chi connectivity index (χ0) is 14.1. The van der Waals surface area contributed by atoms with E-state index in [-0.39, 0.29) is 0 Å². The molecular weight excluding hydrogens is 272 g/mol. The normalized spacial score (nSPS) is 17.7. The topological polar surface area (TPSA) is 46.1 Å². The maximum absolute atomic E-state index is 5.44. The molecule has 0 aliphatic carbocycles. The van der Waals surface area contributed by atoms with Crippen molar-refractivity contribution in [2.75, 3.05) is 27.2 Å². The number of methoxy groups -OCH3 is 1. The van der Waals surface area contributed by atoms with Crippen LogP contribution in [-0.4, -0.2) is 46.7 Å². The van der Waals surface area contributed by atoms with E-state index in [2.05, 4.69) is 26.5 Å². The van der Waals surface area contributed by atoms with Gasteiger partial charge in [0.1, 0.15) is 0 Å². The van der Waals surface area contributed by atoms with Gasteiger partial charge >= 0.3 is 0 Å². The van der Waals surface area contributed by atoms with Gasteiger partial charge in [0.15, 0.2) is 10.4 Å². The lowest BCUT2D eigenvalue weighted by Crippen LogP contribution is -2.31. The lowest BCUT2D eigenvalue weighted by atomic mass is 9.97. The van der Waals surface area contributed by atoms with Gasteiger partial charge in [-0.1, -0.05) is 0 Å². The molecule has 2 aromatic rings. The fourth-order valence-corrected chi connectivity index (χ4v) is 3.07. The minimum atomic E-state index is 0.628. The number of imidazole rings is 1. The average molecular weight is 292 g/mol. The number of fused-ring (bicyclic) bond motifs is 1. The second-order valence-corrected chi connectivity index (χ2v) is 5.90. The first kappa shape index (κ1) is 13.6. The lowest BCUT2D eigenvalue weighted by molar-refractivity contribution is 0.205. The molecule has 6 heteroatoms. The number of aromatic amines is 1. The van der Waals surface area contributed by atoms with Crippen LogP contribution in [0.1, 0.15) is 12.8 Å². The van der Waals surface area contributed by atoms with Gasteiger partial charge in [-0.2, -0.15) is 4.98 Å². The monoisotopic (exact) mass is 292 g/mol. The summed E-state index contributed by atoms with van der Waals surface area (Å²) in [5.41, 5.74) is 1.87. The van der Waals surface area contributed by atoms with E-state index >= 15 is 0 Å². The van der Waals surface area contributed by atoms with E-state index in [4.69, 9.17) is 17.0 Å². The number of pyridine rings is 1. The molecule has 0 atom stereocenters. The van der Waals surface area contributed by atoms with Crippen LogP contribution in [0.15, 0.2) is 12.1 Å². The molecule has 3 rings (SSSR count). The smallest absolute Gasteiger partial charge is 0.215 e. The van der Waals surface area contributed by atoms with Crippen LogP contribution in [-0.2, 0) is 6.54 Å². The zero-order valence-electron chi connectivity index (χ0n) is 11.9. The van der Waals surface area contributed by atoms with Gasteiger partial charge in [-0.05, 0) is 57.2 Å². The van der Waals surface area contributed by atoms with Gasteiger partial charge in [-0.25, -0.2) is 0 Å². The molecule has 108 valence electrons. The molecule has 3 heterocycles. The van der Waals surface area contributed by atoms with Crippen molar-refractivity contribution in [3.63, 3.8) is 0 Å². The van der Waals surface area contributed by atoms with Crippen LogP contribution >= 0.6 is 12.2 Å². The highest BCUT2D eigenvalue weighted by molar-refractivity contribution is 7.71. The number of hydrogen-bond donors (Lipinski definition) is 1. The van der Waals surface area contributed by atoms with Crippen molar-refractivity contribution < 1.29 is 4.74 Å². The standard InChI is InChI=1S/C14H20N4OS/c1-17-7-5-10(6-8-17)9-18-13-11(15-14(18)20)3-4-12(16-13)19-2/h3-4,10H,5-9H2,1-2H3,(H,15,20). The SMILES string of the molecule is COc1ccc2[nH]c(=S)n(CC3CCN(C)CC3)c2n1. The molecule has 2 aromatic heterocycles. The van der Waals surface area contributed by atoms with Crippen LogP contribution < -0.4 is 4.74 Å². The third kappa shape index (κ3) is 2.58. The number of likely N-dealkylation sites (tertiary alicyclic amines) is 1. The first-order valence-electron chi connectivity index (χ1n) is 6.99. The molecule has 0 saturated carbocycles. The largest absolute Gasteiger partial charge is 0.481 e. The second kappa shape index (κ2) is 5.54. The van der Waals surface area contributed by atoms with Crippen molar-refractivity contribution in [3.8, 4) is 5.88 Å². The third-order valence-corrected chi connectivity index (χ3v) is 4.40. The van der Waals surface area contributed by atoms with Gasteiger partial charge in [-0.3, -0.25) is 0 Å². The maximum Gasteiger partial charge on any atom is 0.215 e. The molecule has 1 fully saturated rings. The molecule has 0 aromatic carbocycles. The van der Waals surface area contributed by atoms with Crippen molar-refractivity contribution >= 4 is 23.4 Å². The summed E-state index contributed by atoms with van der Waals surface area (Å²) in [5.74, 6) is 1.30. The van der Waals surface area contributed by atoms with Gasteiger partial charge in [0.25, 0.3) is 0 Å². The molecular formula is C14H20N4OS. The third-order valence-electron chi connectivity index (χ3n) is 4.08. The fraction of sp³-hybridized carbons (Fsp3) is 0.571. The van der Waals surface area contributed by atoms with E-state index in [1.54, 1.807) is 7.11 Å². The van der Waals surface area contributed by atoms with Crippen molar-refractivity contribution in [1.82, 2.24) is 19.4 Å². The second-order valence-electron chi connectivity index (χ2n) is 5.51. The fourth-order valence-electron chi connectivity index (χ4n) is 2.80. The number of nitrogens with one attached hydrogen (secondary N) is 1. The minimum Gasteiger partial charge on any atom is -0.481 e. The number of nitrogens with zero attached hydrogens (tertiary/aromatic N) is 3. The molecule has 1 N–H and O–H groups in total. The summed E-state index contributed by atoms with van der Waals surface area (Å²) in [5, 5.41) is 0. The van der Waals surface area contributed by atoms with Crippen LogP contribution in [0.25, 0.3) is 11.2 Å². The Morgan fingerprint density at radius 1 is 1.40 bits per heavy atom. The van der Waals surface area contributed by atoms with Crippen molar-refractivity contribution in [2.45, 2.75) is 19.4 Å². The Hall–Kier alpha value is -1.40. The molecule has 0 radical (unpaired) electrons. The Morgan fingerprint density at radius 3 is 2.85 bits per heavy atom. The quantitative estimate of drug-likeness (QED) is 0.883. The number of H-pyrrole nitrogens is 1. The summed E-state index contributed by atoms with van der Waals surface area (Å²) in [6, 6.07) is 3.83. The van der Waals surface area contributed by atoms with Gasteiger partial charge < -0.3 is 19.2 Å². The predicted molar refractivity (Wildman–Crippen MR) is 81.7 cm³/mol. The highest BCUT2D eigenvalue weighted by Crippen LogP contribution is 2.22. The Labute approximate surface area is 123 Å². The summed E-state index contributed by atoms with van der Waals surface area (Å²) >= 11 is 5.44. The highest BCUT2D eigenvalue weighted by Gasteiger charge is 2.19. The number of ether oxygens (including phenoxy) is 1. The van der Waals surface area contributed by atoms with Gasteiger partial charge in [0.05, 0.1) is 12.6 Å². The van der Waals surface area contributed by atoms with E-state index in [9.17, 15) is 0 Å². The molecule has 0 bridgehead atoms. The first-order chi connectivity index (χ1) is 9.67. The van der Waals surface area contributed by atoms with Crippen molar-refractivity contribution in [3.05, 3.63) is 16.9 Å². The van der Waals surface area contributed by atoms with E-state index in [1.165, 1.54) is 12.8 Å². The summed E-state index contributed by atoms with van der Waals surface area (Å²) in [6.07, 6.45) is 2.43. The Bertz CT molecular complexity index is 655. The zero-order valence-corrected chi connectivity index (χ0v) is 12.7. The maximum atomic E-state index is 5.44. The van der Waals surface area contributed by atoms with Crippen LogP contribution in [0.2, 0.25) is 0 Å². The molecule has 1 aliphatic heterocycles. The Morgan fingerprint density at radius 2 is 2.15 bits per heavy atom. The van der Waals surface area contributed by atoms with Gasteiger partial charge in [-0.15, -0.1) is 0 Å². The predicted octanol–water partition coefficient (Wildman–Crippen LogP) is 2.44. The Balaban J connectivity index is 1.90.